The first kappa shape index (κ1) is 16.7. The van der Waals surface area contributed by atoms with Gasteiger partial charge in [-0.05, 0) is 30.3 Å². The fourth-order valence-corrected chi connectivity index (χ4v) is 3.90. The molecule has 6 heteroatoms. The molecule has 1 aromatic heterocycles. The van der Waals surface area contributed by atoms with E-state index >= 15 is 0 Å². The number of aromatic nitrogens is 2. The van der Waals surface area contributed by atoms with E-state index in [4.69, 9.17) is 4.98 Å². The molecule has 0 spiro atoms. The van der Waals surface area contributed by atoms with Gasteiger partial charge in [0.15, 0.2) is 5.16 Å². The van der Waals surface area contributed by atoms with Crippen molar-refractivity contribution in [3.8, 4) is 11.3 Å². The molecule has 26 heavy (non-hydrogen) atoms. The fourth-order valence-electron chi connectivity index (χ4n) is 2.96. The van der Waals surface area contributed by atoms with E-state index in [9.17, 15) is 4.79 Å². The number of aryl methyl sites for hydroxylation is 1. The van der Waals surface area contributed by atoms with Crippen LogP contribution in [-0.4, -0.2) is 35.3 Å². The number of fused-ring (bicyclic) bond motifs is 1. The van der Waals surface area contributed by atoms with Crippen molar-refractivity contribution in [1.82, 2.24) is 9.55 Å². The van der Waals surface area contributed by atoms with Crippen LogP contribution in [0.5, 0.6) is 0 Å². The van der Waals surface area contributed by atoms with Gasteiger partial charge in [0, 0.05) is 49.4 Å². The maximum absolute atomic E-state index is 12.7. The molecular weight excluding hydrogens is 344 g/mol. The Labute approximate surface area is 157 Å². The van der Waals surface area contributed by atoms with Crippen LogP contribution >= 0.6 is 11.8 Å². The lowest BCUT2D eigenvalue weighted by molar-refractivity contribution is 0.102. The van der Waals surface area contributed by atoms with Gasteiger partial charge in [0.2, 0.25) is 0 Å². The summed E-state index contributed by atoms with van der Waals surface area (Å²) in [6, 6.07) is 15.4. The highest BCUT2D eigenvalue weighted by molar-refractivity contribution is 7.99. The maximum Gasteiger partial charge on any atom is 0.255 e. The lowest BCUT2D eigenvalue weighted by Crippen LogP contribution is -2.13. The van der Waals surface area contributed by atoms with Gasteiger partial charge in [0.05, 0.1) is 11.4 Å². The Morgan fingerprint density at radius 1 is 1.15 bits per heavy atom. The van der Waals surface area contributed by atoms with E-state index < -0.39 is 0 Å². The number of hydrogen-bond acceptors (Lipinski definition) is 4. The smallest absolute Gasteiger partial charge is 0.255 e. The summed E-state index contributed by atoms with van der Waals surface area (Å²) in [4.78, 5) is 19.4. The van der Waals surface area contributed by atoms with Crippen LogP contribution < -0.4 is 10.2 Å². The van der Waals surface area contributed by atoms with Gasteiger partial charge < -0.3 is 14.8 Å². The molecule has 0 radical (unpaired) electrons. The number of rotatable bonds is 4. The van der Waals surface area contributed by atoms with E-state index in [2.05, 4.69) is 16.1 Å². The minimum atomic E-state index is -0.121. The van der Waals surface area contributed by atoms with E-state index in [0.717, 1.165) is 40.1 Å². The molecule has 1 N–H and O–H groups in total. The third-order valence-corrected chi connectivity index (χ3v) is 5.37. The molecule has 132 valence electrons. The zero-order valence-corrected chi connectivity index (χ0v) is 15.6. The summed E-state index contributed by atoms with van der Waals surface area (Å²) in [6.45, 7) is 0.986. The van der Waals surface area contributed by atoms with Crippen LogP contribution in [0.25, 0.3) is 11.3 Å². The summed E-state index contributed by atoms with van der Waals surface area (Å²) in [5.41, 5.74) is 4.30. The third kappa shape index (κ3) is 3.20. The average molecular weight is 364 g/mol. The first-order valence-electron chi connectivity index (χ1n) is 8.50. The lowest BCUT2D eigenvalue weighted by Gasteiger charge is -2.13. The van der Waals surface area contributed by atoms with Crippen LogP contribution in [0.3, 0.4) is 0 Å². The van der Waals surface area contributed by atoms with Crippen molar-refractivity contribution in [3.63, 3.8) is 0 Å². The summed E-state index contributed by atoms with van der Waals surface area (Å²) < 4.78 is 2.17. The summed E-state index contributed by atoms with van der Waals surface area (Å²) >= 11 is 1.76. The molecule has 4 rings (SSSR count). The standard InChI is InChI=1S/C20H20N4OS/c1-23(2)15-9-7-14(8-10-15)19(25)21-17-6-4-3-5-16(17)18-13-24-11-12-26-20(24)22-18/h3-10,13H,11-12H2,1-2H3,(H,21,25). The molecule has 0 fully saturated rings. The lowest BCUT2D eigenvalue weighted by atomic mass is 10.1. The number of nitrogens with one attached hydrogen (secondary N) is 1. The number of carbonyl (C=O) groups excluding carboxylic acids is 1. The molecule has 0 unspecified atom stereocenters. The van der Waals surface area contributed by atoms with Gasteiger partial charge >= 0.3 is 0 Å². The van der Waals surface area contributed by atoms with Gasteiger partial charge in [-0.2, -0.15) is 0 Å². The maximum atomic E-state index is 12.7. The van der Waals surface area contributed by atoms with Crippen molar-refractivity contribution in [2.75, 3.05) is 30.1 Å². The first-order chi connectivity index (χ1) is 12.6. The molecule has 1 amide bonds. The van der Waals surface area contributed by atoms with Gasteiger partial charge in [0.1, 0.15) is 0 Å². The zero-order valence-electron chi connectivity index (χ0n) is 14.8. The zero-order chi connectivity index (χ0) is 18.1. The van der Waals surface area contributed by atoms with E-state index in [-0.39, 0.29) is 5.91 Å². The fraction of sp³-hybridized carbons (Fsp3) is 0.200. The molecule has 3 aromatic rings. The van der Waals surface area contributed by atoms with Crippen molar-refractivity contribution in [2.45, 2.75) is 11.7 Å². The Morgan fingerprint density at radius 2 is 1.92 bits per heavy atom. The number of carbonyl (C=O) groups is 1. The number of imidazole rings is 1. The monoisotopic (exact) mass is 364 g/mol. The van der Waals surface area contributed by atoms with Crippen molar-refractivity contribution >= 4 is 29.0 Å². The average Bonchev–Trinajstić information content (AvgIpc) is 3.24. The molecular formula is C20H20N4OS. The molecule has 2 aromatic carbocycles. The number of amides is 1. The molecule has 5 nitrogen and oxygen atoms in total. The molecule has 0 saturated heterocycles. The van der Waals surface area contributed by atoms with Crippen LogP contribution in [0.2, 0.25) is 0 Å². The largest absolute Gasteiger partial charge is 0.378 e. The first-order valence-corrected chi connectivity index (χ1v) is 9.48. The predicted octanol–water partition coefficient (Wildman–Crippen LogP) is 3.97. The van der Waals surface area contributed by atoms with Crippen LogP contribution in [0.1, 0.15) is 10.4 Å². The SMILES string of the molecule is CN(C)c1ccc(C(=O)Nc2ccccc2-c2cn3c(n2)SCC3)cc1. The second-order valence-corrected chi connectivity index (χ2v) is 7.45. The minimum Gasteiger partial charge on any atom is -0.378 e. The second kappa shape index (κ2) is 6.88. The minimum absolute atomic E-state index is 0.121. The normalized spacial score (nSPS) is 12.7. The number of benzene rings is 2. The Kier molecular flexibility index (Phi) is 4.42. The van der Waals surface area contributed by atoms with Crippen LogP contribution in [-0.2, 0) is 6.54 Å². The molecule has 0 saturated carbocycles. The highest BCUT2D eigenvalue weighted by Crippen LogP contribution is 2.32. The van der Waals surface area contributed by atoms with E-state index in [1.807, 2.05) is 67.5 Å². The summed E-state index contributed by atoms with van der Waals surface area (Å²) in [5.74, 6) is 0.952. The number of anilines is 2. The summed E-state index contributed by atoms with van der Waals surface area (Å²) in [6.07, 6.45) is 2.06. The molecule has 2 heterocycles. The van der Waals surface area contributed by atoms with Crippen molar-refractivity contribution in [1.29, 1.82) is 0 Å². The molecule has 1 aliphatic heterocycles. The summed E-state index contributed by atoms with van der Waals surface area (Å²) in [5, 5.41) is 4.07. The van der Waals surface area contributed by atoms with Gasteiger partial charge in [-0.1, -0.05) is 30.0 Å². The number of nitrogens with zero attached hydrogens (tertiary/aromatic N) is 3. The Morgan fingerprint density at radius 3 is 2.65 bits per heavy atom. The molecule has 0 atom stereocenters. The van der Waals surface area contributed by atoms with Crippen molar-refractivity contribution in [3.05, 3.63) is 60.3 Å². The van der Waals surface area contributed by atoms with Crippen molar-refractivity contribution < 1.29 is 4.79 Å². The third-order valence-electron chi connectivity index (χ3n) is 4.40. The quantitative estimate of drug-likeness (QED) is 0.761. The molecule has 0 aliphatic carbocycles. The number of hydrogen-bond donors (Lipinski definition) is 1. The second-order valence-electron chi connectivity index (χ2n) is 6.39. The van der Waals surface area contributed by atoms with Crippen LogP contribution in [0, 0.1) is 0 Å². The number of thioether (sulfide) groups is 1. The Bertz CT molecular complexity index is 925. The van der Waals surface area contributed by atoms with Gasteiger partial charge in [-0.3, -0.25) is 4.79 Å². The van der Waals surface area contributed by atoms with Crippen molar-refractivity contribution in [2.24, 2.45) is 0 Å². The van der Waals surface area contributed by atoms with Crippen LogP contribution in [0.4, 0.5) is 11.4 Å². The van der Waals surface area contributed by atoms with E-state index in [0.29, 0.717) is 5.56 Å². The molecule has 1 aliphatic rings. The Balaban J connectivity index is 1.59. The predicted molar refractivity (Wildman–Crippen MR) is 107 cm³/mol. The number of para-hydroxylation sites is 1. The van der Waals surface area contributed by atoms with E-state index in [1.165, 1.54) is 0 Å². The summed E-state index contributed by atoms with van der Waals surface area (Å²) in [7, 11) is 3.96. The van der Waals surface area contributed by atoms with Gasteiger partial charge in [-0.25, -0.2) is 4.98 Å². The highest BCUT2D eigenvalue weighted by Gasteiger charge is 2.18. The van der Waals surface area contributed by atoms with E-state index in [1.54, 1.807) is 11.8 Å². The van der Waals surface area contributed by atoms with Crippen LogP contribution in [0.15, 0.2) is 59.9 Å². The highest BCUT2D eigenvalue weighted by atomic mass is 32.2. The topological polar surface area (TPSA) is 50.2 Å². The Hall–Kier alpha value is -2.73. The van der Waals surface area contributed by atoms with Gasteiger partial charge in [0.25, 0.3) is 5.91 Å². The molecule has 0 bridgehead atoms. The van der Waals surface area contributed by atoms with Gasteiger partial charge in [-0.15, -0.1) is 0 Å².